The van der Waals surface area contributed by atoms with E-state index in [-0.39, 0.29) is 11.8 Å². The maximum absolute atomic E-state index is 13.1. The van der Waals surface area contributed by atoms with Gasteiger partial charge in [0.2, 0.25) is 0 Å². The van der Waals surface area contributed by atoms with Crippen molar-refractivity contribution in [3.05, 3.63) is 59.2 Å². The Balaban J connectivity index is 1.38. The van der Waals surface area contributed by atoms with E-state index in [4.69, 9.17) is 0 Å². The van der Waals surface area contributed by atoms with Crippen LogP contribution in [0.15, 0.2) is 42.5 Å². The van der Waals surface area contributed by atoms with Gasteiger partial charge in [0.25, 0.3) is 11.8 Å². The molecule has 0 saturated carbocycles. The maximum Gasteiger partial charge on any atom is 0.254 e. The van der Waals surface area contributed by atoms with E-state index in [1.165, 1.54) is 25.9 Å². The fraction of sp³-hybridized carbons (Fsp3) is 0.417. The molecular weight excluding hydrogens is 362 g/mol. The van der Waals surface area contributed by atoms with E-state index in [0.29, 0.717) is 24.1 Å². The largest absolute Gasteiger partial charge is 0.345 e. The molecule has 3 fully saturated rings. The zero-order chi connectivity index (χ0) is 20.1. The summed E-state index contributed by atoms with van der Waals surface area (Å²) in [6.07, 6.45) is 2.43. The topological polar surface area (TPSA) is 43.9 Å². The van der Waals surface area contributed by atoms with Crippen LogP contribution in [0.1, 0.15) is 39.1 Å². The number of hydrogen-bond acceptors (Lipinski definition) is 3. The van der Waals surface area contributed by atoms with Gasteiger partial charge in [0.15, 0.2) is 0 Å². The highest BCUT2D eigenvalue weighted by Gasteiger charge is 2.42. The second-order valence-corrected chi connectivity index (χ2v) is 8.79. The van der Waals surface area contributed by atoms with Crippen molar-refractivity contribution < 1.29 is 9.59 Å². The summed E-state index contributed by atoms with van der Waals surface area (Å²) in [7, 11) is 3.52. The SMILES string of the molecule is CN(C)C(=O)c1ccc(-c2ccc3c(c2)CN([C@H]2CN4CCC2CC4)C3=O)cc1. The fourth-order valence-electron chi connectivity index (χ4n) is 5.14. The molecule has 5 heteroatoms. The van der Waals surface area contributed by atoms with Gasteiger partial charge < -0.3 is 14.7 Å². The van der Waals surface area contributed by atoms with E-state index in [2.05, 4.69) is 15.9 Å². The molecule has 0 spiro atoms. The Kier molecular flexibility index (Phi) is 4.43. The molecule has 2 aromatic carbocycles. The van der Waals surface area contributed by atoms with Crippen LogP contribution < -0.4 is 0 Å². The average Bonchev–Trinajstić information content (AvgIpc) is 3.10. The molecule has 0 N–H and O–H groups in total. The van der Waals surface area contributed by atoms with Crippen molar-refractivity contribution in [3.63, 3.8) is 0 Å². The van der Waals surface area contributed by atoms with Crippen molar-refractivity contribution in [2.24, 2.45) is 5.92 Å². The number of hydrogen-bond donors (Lipinski definition) is 0. The molecule has 0 aromatic heterocycles. The second-order valence-electron chi connectivity index (χ2n) is 8.79. The first-order chi connectivity index (χ1) is 14.0. The first kappa shape index (κ1) is 18.4. The number of amides is 2. The van der Waals surface area contributed by atoms with Crippen molar-refractivity contribution in [2.75, 3.05) is 33.7 Å². The third kappa shape index (κ3) is 3.14. The normalized spacial score (nSPS) is 25.2. The van der Waals surface area contributed by atoms with Crippen molar-refractivity contribution in [3.8, 4) is 11.1 Å². The van der Waals surface area contributed by atoms with Crippen LogP contribution in [0.2, 0.25) is 0 Å². The third-order valence-corrected chi connectivity index (χ3v) is 6.83. The molecule has 4 aliphatic heterocycles. The van der Waals surface area contributed by atoms with Gasteiger partial charge in [0.05, 0.1) is 0 Å². The molecular formula is C24H27N3O2. The van der Waals surface area contributed by atoms with Crippen LogP contribution in [0, 0.1) is 5.92 Å². The number of piperidine rings is 3. The van der Waals surface area contributed by atoms with Crippen molar-refractivity contribution >= 4 is 11.8 Å². The Morgan fingerprint density at radius 1 is 1.00 bits per heavy atom. The van der Waals surface area contributed by atoms with E-state index in [0.717, 1.165) is 28.8 Å². The molecule has 2 aromatic rings. The van der Waals surface area contributed by atoms with Gasteiger partial charge >= 0.3 is 0 Å². The predicted octanol–water partition coefficient (Wildman–Crippen LogP) is 3.11. The van der Waals surface area contributed by atoms with Crippen LogP contribution in [0.5, 0.6) is 0 Å². The number of benzene rings is 2. The van der Waals surface area contributed by atoms with Gasteiger partial charge in [0.1, 0.15) is 0 Å². The van der Waals surface area contributed by atoms with Crippen LogP contribution in [-0.2, 0) is 6.54 Å². The molecule has 1 atom stereocenters. The molecule has 6 rings (SSSR count). The Hall–Kier alpha value is -2.66. The summed E-state index contributed by atoms with van der Waals surface area (Å²) in [6.45, 7) is 4.12. The second kappa shape index (κ2) is 6.99. The Labute approximate surface area is 171 Å². The van der Waals surface area contributed by atoms with Gasteiger partial charge in [-0.25, -0.2) is 0 Å². The minimum Gasteiger partial charge on any atom is -0.345 e. The van der Waals surface area contributed by atoms with Crippen LogP contribution in [0.3, 0.4) is 0 Å². The summed E-state index contributed by atoms with van der Waals surface area (Å²) in [5.74, 6) is 0.848. The van der Waals surface area contributed by atoms with Gasteiger partial charge in [-0.05, 0) is 72.8 Å². The average molecular weight is 389 g/mol. The molecule has 5 nitrogen and oxygen atoms in total. The first-order valence-corrected chi connectivity index (χ1v) is 10.5. The molecule has 2 amide bonds. The van der Waals surface area contributed by atoms with Gasteiger partial charge in [-0.1, -0.05) is 18.2 Å². The molecule has 0 aliphatic carbocycles. The Morgan fingerprint density at radius 3 is 2.31 bits per heavy atom. The summed E-state index contributed by atoms with van der Waals surface area (Å²) in [4.78, 5) is 31.4. The lowest BCUT2D eigenvalue weighted by Crippen LogP contribution is -2.57. The van der Waals surface area contributed by atoms with E-state index < -0.39 is 0 Å². The van der Waals surface area contributed by atoms with Crippen LogP contribution in [0.25, 0.3) is 11.1 Å². The lowest BCUT2D eigenvalue weighted by Gasteiger charge is -2.48. The van der Waals surface area contributed by atoms with E-state index in [9.17, 15) is 9.59 Å². The van der Waals surface area contributed by atoms with Crippen molar-refractivity contribution in [2.45, 2.75) is 25.4 Å². The van der Waals surface area contributed by atoms with Crippen LogP contribution in [-0.4, -0.2) is 66.3 Å². The van der Waals surface area contributed by atoms with Crippen LogP contribution >= 0.6 is 0 Å². The highest BCUT2D eigenvalue weighted by molar-refractivity contribution is 5.99. The number of fused-ring (bicyclic) bond motifs is 4. The number of carbonyl (C=O) groups is 2. The predicted molar refractivity (Wildman–Crippen MR) is 113 cm³/mol. The molecule has 150 valence electrons. The van der Waals surface area contributed by atoms with E-state index in [1.54, 1.807) is 19.0 Å². The number of nitrogens with zero attached hydrogens (tertiary/aromatic N) is 3. The molecule has 0 radical (unpaired) electrons. The summed E-state index contributed by atoms with van der Waals surface area (Å²) < 4.78 is 0. The quantitative estimate of drug-likeness (QED) is 0.810. The van der Waals surface area contributed by atoms with E-state index in [1.807, 2.05) is 36.4 Å². The van der Waals surface area contributed by atoms with Crippen molar-refractivity contribution in [1.82, 2.24) is 14.7 Å². The summed E-state index contributed by atoms with van der Waals surface area (Å²) in [5, 5.41) is 0. The lowest BCUT2D eigenvalue weighted by molar-refractivity contribution is 0.00846. The van der Waals surface area contributed by atoms with E-state index >= 15 is 0 Å². The Bertz CT molecular complexity index is 959. The lowest BCUT2D eigenvalue weighted by atomic mass is 9.83. The zero-order valence-electron chi connectivity index (χ0n) is 17.1. The van der Waals surface area contributed by atoms with Gasteiger partial charge in [-0.3, -0.25) is 9.59 Å². The summed E-state index contributed by atoms with van der Waals surface area (Å²) in [6, 6.07) is 14.2. The van der Waals surface area contributed by atoms with Gasteiger partial charge in [0, 0.05) is 44.4 Å². The number of carbonyl (C=O) groups excluding carboxylic acids is 2. The third-order valence-electron chi connectivity index (χ3n) is 6.83. The molecule has 29 heavy (non-hydrogen) atoms. The van der Waals surface area contributed by atoms with Gasteiger partial charge in [-0.2, -0.15) is 0 Å². The smallest absolute Gasteiger partial charge is 0.254 e. The summed E-state index contributed by atoms with van der Waals surface area (Å²) >= 11 is 0. The molecule has 3 saturated heterocycles. The highest BCUT2D eigenvalue weighted by atomic mass is 16.2. The highest BCUT2D eigenvalue weighted by Crippen LogP contribution is 2.36. The maximum atomic E-state index is 13.1. The monoisotopic (exact) mass is 389 g/mol. The van der Waals surface area contributed by atoms with Gasteiger partial charge in [-0.15, -0.1) is 0 Å². The standard InChI is InChI=1S/C24H27N3O2/c1-25(2)23(28)18-5-3-16(4-6-18)19-7-8-21-20(13-19)14-27(24(21)29)22-15-26-11-9-17(22)10-12-26/h3-8,13,17,22H,9-12,14-15H2,1-2H3/t22-/m0/s1. The minimum atomic E-state index is 0.00395. The first-order valence-electron chi connectivity index (χ1n) is 10.5. The van der Waals surface area contributed by atoms with Crippen LogP contribution in [0.4, 0.5) is 0 Å². The fourth-order valence-corrected chi connectivity index (χ4v) is 5.14. The molecule has 4 heterocycles. The Morgan fingerprint density at radius 2 is 1.69 bits per heavy atom. The van der Waals surface area contributed by atoms with Crippen molar-refractivity contribution in [1.29, 1.82) is 0 Å². The molecule has 0 unspecified atom stereocenters. The minimum absolute atomic E-state index is 0.00395. The summed E-state index contributed by atoms with van der Waals surface area (Å²) in [5.41, 5.74) is 4.82. The number of rotatable bonds is 3. The molecule has 4 aliphatic rings. The molecule has 2 bridgehead atoms. The zero-order valence-corrected chi connectivity index (χ0v) is 17.1.